The Morgan fingerprint density at radius 1 is 1.47 bits per heavy atom. The van der Waals surface area contributed by atoms with Crippen LogP contribution in [-0.4, -0.2) is 17.6 Å². The van der Waals surface area contributed by atoms with Crippen LogP contribution in [0.5, 0.6) is 0 Å². The molecule has 0 aliphatic rings. The fraction of sp³-hybridized carbons (Fsp3) is 0.500. The molecule has 0 spiro atoms. The van der Waals surface area contributed by atoms with Gasteiger partial charge in [-0.25, -0.2) is 0 Å². The van der Waals surface area contributed by atoms with E-state index in [1.165, 1.54) is 0 Å². The highest BCUT2D eigenvalue weighted by Crippen LogP contribution is 2.14. The lowest BCUT2D eigenvalue weighted by Crippen LogP contribution is -2.19. The molecule has 0 aliphatic carbocycles. The number of amides is 1. The van der Waals surface area contributed by atoms with Crippen LogP contribution in [0.4, 0.5) is 5.69 Å². The lowest BCUT2D eigenvalue weighted by Gasteiger charge is -2.11. The number of aliphatic hydroxyl groups is 1. The van der Waals surface area contributed by atoms with Gasteiger partial charge in [0.1, 0.15) is 0 Å². The Hall–Kier alpha value is -1.35. The fourth-order valence-electron chi connectivity index (χ4n) is 1.54. The van der Waals surface area contributed by atoms with Crippen LogP contribution in [0, 0.1) is 5.92 Å². The molecule has 3 nitrogen and oxygen atoms in total. The number of hydrogen-bond donors (Lipinski definition) is 2. The number of carbonyl (C=O) groups is 1. The molecule has 0 saturated heterocycles. The van der Waals surface area contributed by atoms with Gasteiger partial charge in [0.15, 0.2) is 0 Å². The first-order chi connectivity index (χ1) is 8.17. The quantitative estimate of drug-likeness (QED) is 0.796. The molecule has 0 aliphatic heterocycles. The third-order valence-corrected chi connectivity index (χ3v) is 2.88. The number of hydrogen-bond acceptors (Lipinski definition) is 2. The first-order valence-corrected chi connectivity index (χ1v) is 6.18. The zero-order valence-electron chi connectivity index (χ0n) is 10.6. The average molecular weight is 235 g/mol. The van der Waals surface area contributed by atoms with Gasteiger partial charge in [-0.2, -0.15) is 0 Å². The molecular weight excluding hydrogens is 214 g/mol. The second-order valence-electron chi connectivity index (χ2n) is 4.33. The molecule has 0 bridgehead atoms. The molecule has 1 unspecified atom stereocenters. The van der Waals surface area contributed by atoms with Gasteiger partial charge in [-0.1, -0.05) is 26.0 Å². The smallest absolute Gasteiger partial charge is 0.227 e. The van der Waals surface area contributed by atoms with Gasteiger partial charge < -0.3 is 10.4 Å². The zero-order chi connectivity index (χ0) is 12.7. The van der Waals surface area contributed by atoms with Crippen molar-refractivity contribution < 1.29 is 9.90 Å². The number of nitrogens with one attached hydrogen (secondary N) is 1. The standard InChI is InChI=1S/C14H21NO2/c1-3-11(2)14(17)15-13-8-4-6-12(10-13)7-5-9-16/h4,6,8,10-11,16H,3,5,7,9H2,1-2H3,(H,15,17). The van der Waals surface area contributed by atoms with E-state index in [1.807, 2.05) is 38.1 Å². The molecule has 0 radical (unpaired) electrons. The minimum absolute atomic E-state index is 0.0381. The van der Waals surface area contributed by atoms with Gasteiger partial charge >= 0.3 is 0 Å². The van der Waals surface area contributed by atoms with E-state index in [2.05, 4.69) is 5.32 Å². The minimum Gasteiger partial charge on any atom is -0.396 e. The van der Waals surface area contributed by atoms with Gasteiger partial charge in [0.05, 0.1) is 0 Å². The van der Waals surface area contributed by atoms with E-state index < -0.39 is 0 Å². The fourth-order valence-corrected chi connectivity index (χ4v) is 1.54. The van der Waals surface area contributed by atoms with Gasteiger partial charge in [-0.15, -0.1) is 0 Å². The maximum Gasteiger partial charge on any atom is 0.227 e. The summed E-state index contributed by atoms with van der Waals surface area (Å²) >= 11 is 0. The van der Waals surface area contributed by atoms with Crippen molar-refractivity contribution in [2.45, 2.75) is 33.1 Å². The number of anilines is 1. The van der Waals surface area contributed by atoms with E-state index in [4.69, 9.17) is 5.11 Å². The molecule has 0 saturated carbocycles. The van der Waals surface area contributed by atoms with Crippen LogP contribution in [0.25, 0.3) is 0 Å². The van der Waals surface area contributed by atoms with E-state index in [1.54, 1.807) is 0 Å². The molecule has 1 aromatic rings. The Morgan fingerprint density at radius 3 is 2.88 bits per heavy atom. The third kappa shape index (κ3) is 4.57. The summed E-state index contributed by atoms with van der Waals surface area (Å²) in [5, 5.41) is 11.7. The molecule has 3 heteroatoms. The maximum atomic E-state index is 11.7. The second-order valence-corrected chi connectivity index (χ2v) is 4.33. The Balaban J connectivity index is 2.62. The highest BCUT2D eigenvalue weighted by molar-refractivity contribution is 5.92. The van der Waals surface area contributed by atoms with Crippen molar-refractivity contribution in [2.24, 2.45) is 5.92 Å². The summed E-state index contributed by atoms with van der Waals surface area (Å²) in [4.78, 5) is 11.7. The molecule has 1 amide bonds. The Morgan fingerprint density at radius 2 is 2.24 bits per heavy atom. The molecule has 0 fully saturated rings. The van der Waals surface area contributed by atoms with E-state index in [9.17, 15) is 4.79 Å². The van der Waals surface area contributed by atoms with Crippen LogP contribution in [0.15, 0.2) is 24.3 Å². The number of aliphatic hydroxyl groups excluding tert-OH is 1. The van der Waals surface area contributed by atoms with Gasteiger partial charge in [0.25, 0.3) is 0 Å². The molecule has 0 heterocycles. The van der Waals surface area contributed by atoms with Crippen LogP contribution >= 0.6 is 0 Å². The van der Waals surface area contributed by atoms with E-state index >= 15 is 0 Å². The van der Waals surface area contributed by atoms with Crippen molar-refractivity contribution in [3.05, 3.63) is 29.8 Å². The molecule has 2 N–H and O–H groups in total. The van der Waals surface area contributed by atoms with Crippen LogP contribution in [0.2, 0.25) is 0 Å². The molecule has 1 atom stereocenters. The average Bonchev–Trinajstić information content (AvgIpc) is 2.35. The van der Waals surface area contributed by atoms with Gasteiger partial charge in [-0.3, -0.25) is 4.79 Å². The maximum absolute atomic E-state index is 11.7. The SMILES string of the molecule is CCC(C)C(=O)Nc1cccc(CCCO)c1. The summed E-state index contributed by atoms with van der Waals surface area (Å²) in [6.07, 6.45) is 2.43. The van der Waals surface area contributed by atoms with Gasteiger partial charge in [0, 0.05) is 18.2 Å². The minimum atomic E-state index is 0.0381. The van der Waals surface area contributed by atoms with Gasteiger partial charge in [0.2, 0.25) is 5.91 Å². The van der Waals surface area contributed by atoms with Crippen molar-refractivity contribution in [2.75, 3.05) is 11.9 Å². The first kappa shape index (κ1) is 13.7. The van der Waals surface area contributed by atoms with Crippen molar-refractivity contribution >= 4 is 11.6 Å². The highest BCUT2D eigenvalue weighted by Gasteiger charge is 2.10. The number of benzene rings is 1. The zero-order valence-corrected chi connectivity index (χ0v) is 10.6. The largest absolute Gasteiger partial charge is 0.396 e. The predicted octanol–water partition coefficient (Wildman–Crippen LogP) is 2.60. The monoisotopic (exact) mass is 235 g/mol. The summed E-state index contributed by atoms with van der Waals surface area (Å²) < 4.78 is 0. The lowest BCUT2D eigenvalue weighted by molar-refractivity contribution is -0.119. The van der Waals surface area contributed by atoms with Crippen LogP contribution < -0.4 is 5.32 Å². The van der Waals surface area contributed by atoms with Crippen molar-refractivity contribution in [1.29, 1.82) is 0 Å². The normalized spacial score (nSPS) is 12.2. The summed E-state index contributed by atoms with van der Waals surface area (Å²) in [6.45, 7) is 4.12. The lowest BCUT2D eigenvalue weighted by atomic mass is 10.1. The topological polar surface area (TPSA) is 49.3 Å². The van der Waals surface area contributed by atoms with Crippen LogP contribution in [-0.2, 0) is 11.2 Å². The second kappa shape index (κ2) is 7.07. The third-order valence-electron chi connectivity index (χ3n) is 2.88. The number of rotatable bonds is 6. The Labute approximate surface area is 103 Å². The van der Waals surface area contributed by atoms with E-state index in [0.717, 1.165) is 30.5 Å². The van der Waals surface area contributed by atoms with Gasteiger partial charge in [-0.05, 0) is 37.0 Å². The van der Waals surface area contributed by atoms with E-state index in [0.29, 0.717) is 0 Å². The van der Waals surface area contributed by atoms with Crippen molar-refractivity contribution in [3.63, 3.8) is 0 Å². The molecular formula is C14H21NO2. The molecule has 1 rings (SSSR count). The van der Waals surface area contributed by atoms with E-state index in [-0.39, 0.29) is 18.4 Å². The Kier molecular flexibility index (Phi) is 5.70. The Bertz CT molecular complexity index is 363. The molecule has 17 heavy (non-hydrogen) atoms. The highest BCUT2D eigenvalue weighted by atomic mass is 16.2. The molecule has 94 valence electrons. The predicted molar refractivity (Wildman–Crippen MR) is 69.9 cm³/mol. The molecule has 0 aromatic heterocycles. The van der Waals surface area contributed by atoms with Crippen molar-refractivity contribution in [3.8, 4) is 0 Å². The number of carbonyl (C=O) groups excluding carboxylic acids is 1. The summed E-state index contributed by atoms with van der Waals surface area (Å²) in [5.74, 6) is 0.0999. The number of aryl methyl sites for hydroxylation is 1. The summed E-state index contributed by atoms with van der Waals surface area (Å²) in [6, 6.07) is 7.80. The van der Waals surface area contributed by atoms with Crippen LogP contribution in [0.1, 0.15) is 32.3 Å². The van der Waals surface area contributed by atoms with Crippen molar-refractivity contribution in [1.82, 2.24) is 0 Å². The molecule has 1 aromatic carbocycles. The van der Waals surface area contributed by atoms with Crippen LogP contribution in [0.3, 0.4) is 0 Å². The summed E-state index contributed by atoms with van der Waals surface area (Å²) in [7, 11) is 0. The first-order valence-electron chi connectivity index (χ1n) is 6.18. The summed E-state index contributed by atoms with van der Waals surface area (Å²) in [5.41, 5.74) is 1.98.